The van der Waals surface area contributed by atoms with E-state index >= 15 is 0 Å². The lowest BCUT2D eigenvalue weighted by molar-refractivity contribution is -0.929. The highest BCUT2D eigenvalue weighted by Gasteiger charge is 2.27. The number of quaternary nitrogens is 2. The molecule has 0 spiro atoms. The molecule has 0 saturated heterocycles. The molecule has 624 valence electrons. The van der Waals surface area contributed by atoms with Crippen molar-refractivity contribution in [2.45, 2.75) is 569 Å². The van der Waals surface area contributed by atoms with Crippen LogP contribution in [0.3, 0.4) is 0 Å². The first kappa shape index (κ1) is 107. The van der Waals surface area contributed by atoms with Gasteiger partial charge < -0.3 is 18.1 Å². The summed E-state index contributed by atoms with van der Waals surface area (Å²) in [4.78, 5) is 0. The molecule has 0 aliphatic heterocycles. The molecule has 0 saturated carbocycles. The molecule has 0 aliphatic carbocycles. The van der Waals surface area contributed by atoms with Gasteiger partial charge in [0.05, 0.1) is 52.4 Å². The maximum atomic E-state index is 8.52. The Bertz CT molecular complexity index is 1280. The number of nitrogens with zero attached hydrogens (tertiary/aromatic N) is 2. The highest BCUT2D eigenvalue weighted by atomic mass is 32.3. The van der Waals surface area contributed by atoms with Gasteiger partial charge in [-0.05, 0) is 103 Å². The van der Waals surface area contributed by atoms with Crippen LogP contribution in [0.1, 0.15) is 569 Å². The van der Waals surface area contributed by atoms with E-state index in [1.807, 2.05) is 0 Å². The van der Waals surface area contributed by atoms with Crippen LogP contribution in [0.15, 0.2) is 0 Å². The molecule has 103 heavy (non-hydrogen) atoms. The van der Waals surface area contributed by atoms with Gasteiger partial charge in [-0.3, -0.25) is 8.42 Å². The van der Waals surface area contributed by atoms with E-state index in [0.717, 1.165) is 0 Å². The van der Waals surface area contributed by atoms with Gasteiger partial charge in [-0.1, -0.05) is 466 Å². The summed E-state index contributed by atoms with van der Waals surface area (Å²) >= 11 is 0. The summed E-state index contributed by atoms with van der Waals surface area (Å²) in [5, 5.41) is 0. The minimum Gasteiger partial charge on any atom is -0.759 e. The molecule has 0 amide bonds. The van der Waals surface area contributed by atoms with Crippen molar-refractivity contribution in [2.24, 2.45) is 0 Å². The smallest absolute Gasteiger partial charge is 0.0786 e. The Kier molecular flexibility index (Phi) is 95.9. The van der Waals surface area contributed by atoms with Crippen LogP contribution in [-0.2, 0) is 10.4 Å². The molecule has 0 rings (SSSR count). The lowest BCUT2D eigenvalue weighted by Crippen LogP contribution is -2.50. The van der Waals surface area contributed by atoms with E-state index in [9.17, 15) is 0 Å². The van der Waals surface area contributed by atoms with Gasteiger partial charge >= 0.3 is 0 Å². The number of hydrogen-bond acceptors (Lipinski definition) is 4. The lowest BCUT2D eigenvalue weighted by atomic mass is 10.0. The van der Waals surface area contributed by atoms with E-state index in [4.69, 9.17) is 17.5 Å². The van der Waals surface area contributed by atoms with Gasteiger partial charge in [0.25, 0.3) is 0 Å². The molecular formula is C96H200N2O4S. The standard InChI is InChI=1S/2C48H100N.H2O4S/c2*1-5-9-13-17-21-25-29-33-37-41-45-49(46-42-38-34-30-26-22-18-14-10-6-2,47-43-39-35-31-27-23-19-15-11-7-3)48-44-40-36-32-28-24-20-16-12-8-4;1-5(2,3)4/h2*5-48H2,1-4H3;(H2,1,2,3,4)/q2*+1;/p-2. The van der Waals surface area contributed by atoms with Gasteiger partial charge in [-0.15, -0.1) is 0 Å². The Labute approximate surface area is 654 Å². The average molecular weight is 1480 g/mol. The fraction of sp³-hybridized carbons (Fsp3) is 1.00. The summed E-state index contributed by atoms with van der Waals surface area (Å²) in [5.74, 6) is 0. The lowest BCUT2D eigenvalue weighted by Gasteiger charge is -2.40. The van der Waals surface area contributed by atoms with Crippen molar-refractivity contribution < 1.29 is 26.5 Å². The van der Waals surface area contributed by atoms with Crippen LogP contribution in [0.5, 0.6) is 0 Å². The van der Waals surface area contributed by atoms with Gasteiger partial charge in [0.15, 0.2) is 0 Å². The summed E-state index contributed by atoms with van der Waals surface area (Å²) in [6.07, 6.45) is 117. The summed E-state index contributed by atoms with van der Waals surface area (Å²) in [6, 6.07) is 0. The Hall–Kier alpha value is -0.210. The van der Waals surface area contributed by atoms with Crippen LogP contribution in [-0.4, -0.2) is 78.8 Å². The van der Waals surface area contributed by atoms with Gasteiger partial charge in [0.1, 0.15) is 0 Å². The van der Waals surface area contributed by atoms with Crippen molar-refractivity contribution in [1.29, 1.82) is 0 Å². The SMILES string of the molecule is CCCCCCCCCCCC[N+](CCCCCCCCCCCC)(CCCCCCCCCCCC)CCCCCCCCCCCC.CCCCCCCCCCCC[N+](CCCCCCCCCCCC)(CCCCCCCCCCCC)CCCCCCCCCCCC.O=S(=O)([O-])[O-]. The van der Waals surface area contributed by atoms with Crippen LogP contribution < -0.4 is 0 Å². The highest BCUT2D eigenvalue weighted by molar-refractivity contribution is 7.79. The van der Waals surface area contributed by atoms with Crippen LogP contribution in [0.4, 0.5) is 0 Å². The number of hydrogen-bond donors (Lipinski definition) is 0. The topological polar surface area (TPSA) is 80.3 Å². The zero-order valence-corrected chi connectivity index (χ0v) is 74.0. The van der Waals surface area contributed by atoms with Crippen LogP contribution in [0, 0.1) is 0 Å². The summed E-state index contributed by atoms with van der Waals surface area (Å²) in [6.45, 7) is 30.6. The maximum absolute atomic E-state index is 8.52. The molecule has 0 aromatic heterocycles. The fourth-order valence-electron chi connectivity index (χ4n) is 16.8. The molecule has 0 aromatic carbocycles. The van der Waals surface area contributed by atoms with Crippen molar-refractivity contribution in [1.82, 2.24) is 0 Å². The molecule has 0 radical (unpaired) electrons. The summed E-state index contributed by atoms with van der Waals surface area (Å²) < 4.78 is 37.1. The third kappa shape index (κ3) is 94.1. The summed E-state index contributed by atoms with van der Waals surface area (Å²) in [5.41, 5.74) is 0. The Morgan fingerprint density at radius 3 is 0.262 bits per heavy atom. The Morgan fingerprint density at radius 1 is 0.136 bits per heavy atom. The molecule has 0 aromatic rings. The van der Waals surface area contributed by atoms with Gasteiger partial charge in [0.2, 0.25) is 0 Å². The largest absolute Gasteiger partial charge is 0.759 e. The average Bonchev–Trinajstić information content (AvgIpc) is 0.881. The van der Waals surface area contributed by atoms with Gasteiger partial charge in [0, 0.05) is 10.4 Å². The molecule has 0 aliphatic rings. The zero-order valence-electron chi connectivity index (χ0n) is 73.2. The third-order valence-electron chi connectivity index (χ3n) is 23.9. The van der Waals surface area contributed by atoms with E-state index in [2.05, 4.69) is 55.4 Å². The Morgan fingerprint density at radius 2 is 0.194 bits per heavy atom. The predicted octanol–water partition coefficient (Wildman–Crippen LogP) is 33.6. The van der Waals surface area contributed by atoms with E-state index in [1.165, 1.54) is 575 Å². The van der Waals surface area contributed by atoms with E-state index in [1.54, 1.807) is 0 Å². The van der Waals surface area contributed by atoms with Crippen molar-refractivity contribution in [3.63, 3.8) is 0 Å². The molecule has 7 heteroatoms. The molecule has 6 nitrogen and oxygen atoms in total. The highest BCUT2D eigenvalue weighted by Crippen LogP contribution is 2.25. The molecule has 0 fully saturated rings. The van der Waals surface area contributed by atoms with Crippen molar-refractivity contribution in [2.75, 3.05) is 52.4 Å². The van der Waals surface area contributed by atoms with E-state index in [0.29, 0.717) is 0 Å². The molecule has 0 heterocycles. The van der Waals surface area contributed by atoms with E-state index < -0.39 is 10.4 Å². The first-order valence-electron chi connectivity index (χ1n) is 48.9. The molecule has 0 N–H and O–H groups in total. The molecular weight excluding hydrogens is 1280 g/mol. The van der Waals surface area contributed by atoms with Gasteiger partial charge in [-0.2, -0.15) is 0 Å². The molecule has 0 unspecified atom stereocenters. The molecule has 0 atom stereocenters. The summed E-state index contributed by atoms with van der Waals surface area (Å²) in [7, 11) is -5.17. The van der Waals surface area contributed by atoms with E-state index in [-0.39, 0.29) is 0 Å². The monoisotopic (exact) mass is 1480 g/mol. The predicted molar refractivity (Wildman–Crippen MR) is 465 cm³/mol. The number of unbranched alkanes of at least 4 members (excludes halogenated alkanes) is 72. The second kappa shape index (κ2) is 92.4. The van der Waals surface area contributed by atoms with Crippen LogP contribution in [0.2, 0.25) is 0 Å². The van der Waals surface area contributed by atoms with Crippen molar-refractivity contribution in [3.05, 3.63) is 0 Å². The third-order valence-corrected chi connectivity index (χ3v) is 23.9. The van der Waals surface area contributed by atoms with Gasteiger partial charge in [-0.25, -0.2) is 0 Å². The second-order valence-electron chi connectivity index (χ2n) is 34.3. The quantitative estimate of drug-likeness (QED) is 0.0263. The molecule has 0 bridgehead atoms. The van der Waals surface area contributed by atoms with Crippen molar-refractivity contribution in [3.8, 4) is 0 Å². The maximum Gasteiger partial charge on any atom is 0.0786 e. The first-order valence-corrected chi connectivity index (χ1v) is 50.2. The Balaban J connectivity index is -0.00000182. The number of rotatable bonds is 88. The zero-order chi connectivity index (χ0) is 75.7. The first-order chi connectivity index (χ1) is 50.5. The van der Waals surface area contributed by atoms with Crippen LogP contribution >= 0.6 is 0 Å². The van der Waals surface area contributed by atoms with Crippen LogP contribution in [0.25, 0.3) is 0 Å². The fourth-order valence-corrected chi connectivity index (χ4v) is 16.8. The second-order valence-corrected chi connectivity index (χ2v) is 35.2. The normalized spacial score (nSPS) is 12.0. The van der Waals surface area contributed by atoms with Crippen molar-refractivity contribution >= 4 is 10.4 Å². The minimum atomic E-state index is -5.17. The minimum absolute atomic E-state index is 1.37.